The Morgan fingerprint density at radius 3 is 2.70 bits per heavy atom. The number of aromatic nitrogens is 1. The van der Waals surface area contributed by atoms with Crippen molar-refractivity contribution in [1.82, 2.24) is 14.6 Å². The number of hydrogen-bond donors (Lipinski definition) is 3. The molecule has 1 aromatic heterocycles. The van der Waals surface area contributed by atoms with E-state index in [1.165, 1.54) is 15.6 Å². The van der Waals surface area contributed by atoms with E-state index in [1.807, 2.05) is 44.2 Å². The number of aliphatic hydroxyl groups is 1. The van der Waals surface area contributed by atoms with Gasteiger partial charge in [0.2, 0.25) is 10.0 Å². The summed E-state index contributed by atoms with van der Waals surface area (Å²) in [7, 11) is -3.99. The van der Waals surface area contributed by atoms with E-state index >= 15 is 0 Å². The van der Waals surface area contributed by atoms with Crippen LogP contribution in [0, 0.1) is 23.7 Å². The fourth-order valence-corrected chi connectivity index (χ4v) is 10.0. The maximum Gasteiger partial charge on any atom is 0.407 e. The third-order valence-electron chi connectivity index (χ3n) is 9.76. The molecular weight excluding hydrogens is 641 g/mol. The fraction of sp³-hybridized carbons (Fsp3) is 0.588. The van der Waals surface area contributed by atoms with Crippen molar-refractivity contribution in [3.63, 3.8) is 0 Å². The number of nitrogens with zero attached hydrogens (tertiary/aromatic N) is 2. The minimum absolute atomic E-state index is 0.00181. The third kappa shape index (κ3) is 7.30. The number of nitrogens with one attached hydrogen (secondary N) is 2. The molecule has 7 rings (SSSR count). The molecule has 2 aliphatic carbocycles. The van der Waals surface area contributed by atoms with Crippen LogP contribution in [0.4, 0.5) is 9.93 Å². The molecule has 254 valence electrons. The van der Waals surface area contributed by atoms with Crippen molar-refractivity contribution in [3.05, 3.63) is 54.1 Å². The van der Waals surface area contributed by atoms with Gasteiger partial charge in [0.15, 0.2) is 11.4 Å². The Morgan fingerprint density at radius 1 is 1.13 bits per heavy atom. The van der Waals surface area contributed by atoms with Gasteiger partial charge in [-0.2, -0.15) is 4.31 Å². The van der Waals surface area contributed by atoms with E-state index in [-0.39, 0.29) is 48.1 Å². The number of carbonyl (C=O) groups excluding carboxylic acids is 1. The number of ether oxygens (including phenoxy) is 3. The molecule has 4 fully saturated rings. The van der Waals surface area contributed by atoms with Crippen LogP contribution < -0.4 is 10.6 Å². The standard InChI is InChI=1S/C34H44N4O7S2/c1-20(2)17-38(47(41,42)24-10-11-26-30(16-24)46-33(36-26)35-23-8-9-23)18-28(39)27(14-21-6-4-3-5-7-21)37-34(40)45-29-15-22-19-44-32-31(22)25(29)12-13-43-32/h3-7,10-11,16,20,22-23,25,27-29,31-32,39H,8-9,12-15,17-19H2,1-2H3,(H,35,36)(H,37,40)/t22?,25?,27?,28-,29+,31-,32-/m1/s1. The number of amides is 1. The molecule has 4 aliphatic rings. The van der Waals surface area contributed by atoms with E-state index in [2.05, 4.69) is 15.6 Å². The Labute approximate surface area is 280 Å². The van der Waals surface area contributed by atoms with Gasteiger partial charge in [0.1, 0.15) is 6.10 Å². The summed E-state index contributed by atoms with van der Waals surface area (Å²) < 4.78 is 48.0. The number of benzene rings is 2. The van der Waals surface area contributed by atoms with E-state index in [4.69, 9.17) is 14.2 Å². The zero-order valence-corrected chi connectivity index (χ0v) is 28.4. The molecule has 2 aromatic carbocycles. The number of anilines is 1. The van der Waals surface area contributed by atoms with Gasteiger partial charge >= 0.3 is 6.09 Å². The smallest absolute Gasteiger partial charge is 0.407 e. The highest BCUT2D eigenvalue weighted by Crippen LogP contribution is 2.50. The largest absolute Gasteiger partial charge is 0.446 e. The summed E-state index contributed by atoms with van der Waals surface area (Å²) in [6.45, 7) is 5.07. The molecule has 47 heavy (non-hydrogen) atoms. The third-order valence-corrected chi connectivity index (χ3v) is 12.5. The number of thiazole rings is 1. The molecule has 3 aromatic rings. The number of fused-ring (bicyclic) bond motifs is 1. The number of sulfonamides is 1. The normalized spacial score (nSPS) is 26.8. The quantitative estimate of drug-likeness (QED) is 0.236. The lowest BCUT2D eigenvalue weighted by Crippen LogP contribution is -2.51. The lowest BCUT2D eigenvalue weighted by Gasteiger charge is -2.33. The molecular formula is C34H44N4O7S2. The van der Waals surface area contributed by atoms with Gasteiger partial charge in [0.05, 0.1) is 40.5 Å². The number of hydrogen-bond acceptors (Lipinski definition) is 10. The average molecular weight is 685 g/mol. The first-order valence-electron chi connectivity index (χ1n) is 16.7. The van der Waals surface area contributed by atoms with Crippen LogP contribution in [0.3, 0.4) is 0 Å². The fourth-order valence-electron chi connectivity index (χ4n) is 7.32. The summed E-state index contributed by atoms with van der Waals surface area (Å²) in [5, 5.41) is 18.8. The molecule has 0 bridgehead atoms. The SMILES string of the molecule is CC(C)CN(C[C@@H](O)C(Cc1ccccc1)NC(=O)O[C@H]1CC2CO[C@H]3OCCC1[C@@H]23)S(=O)(=O)c1ccc2nc(NC3CC3)sc2c1. The lowest BCUT2D eigenvalue weighted by atomic mass is 9.87. The summed E-state index contributed by atoms with van der Waals surface area (Å²) in [5.74, 6) is 0.701. The summed E-state index contributed by atoms with van der Waals surface area (Å²) in [4.78, 5) is 18.2. The average Bonchev–Trinajstić information content (AvgIpc) is 3.45. The van der Waals surface area contributed by atoms with E-state index in [0.29, 0.717) is 31.6 Å². The molecule has 3 unspecified atom stereocenters. The van der Waals surface area contributed by atoms with Gasteiger partial charge in [-0.15, -0.1) is 0 Å². The number of alkyl carbamates (subject to hydrolysis) is 1. The summed E-state index contributed by atoms with van der Waals surface area (Å²) in [5.41, 5.74) is 1.65. The van der Waals surface area contributed by atoms with Gasteiger partial charge in [-0.05, 0) is 67.7 Å². The van der Waals surface area contributed by atoms with E-state index < -0.39 is 28.3 Å². The summed E-state index contributed by atoms with van der Waals surface area (Å²) in [6, 6.07) is 14.2. The minimum Gasteiger partial charge on any atom is -0.446 e. The predicted octanol–water partition coefficient (Wildman–Crippen LogP) is 4.61. The summed E-state index contributed by atoms with van der Waals surface area (Å²) >= 11 is 1.44. The van der Waals surface area contributed by atoms with Gasteiger partial charge in [0, 0.05) is 31.0 Å². The van der Waals surface area contributed by atoms with Crippen LogP contribution in [-0.4, -0.2) is 85.8 Å². The van der Waals surface area contributed by atoms with Crippen molar-refractivity contribution in [2.45, 2.75) is 81.4 Å². The van der Waals surface area contributed by atoms with Gasteiger partial charge in [-0.25, -0.2) is 18.2 Å². The molecule has 7 atom stereocenters. The molecule has 0 radical (unpaired) electrons. The molecule has 1 amide bonds. The van der Waals surface area contributed by atoms with Crippen LogP contribution in [0.1, 0.15) is 45.1 Å². The molecule has 2 saturated carbocycles. The van der Waals surface area contributed by atoms with Crippen molar-refractivity contribution < 1.29 is 32.5 Å². The lowest BCUT2D eigenvalue weighted by molar-refractivity contribution is -0.173. The van der Waals surface area contributed by atoms with E-state index in [0.717, 1.165) is 46.6 Å². The zero-order valence-electron chi connectivity index (χ0n) is 26.8. The molecule has 2 saturated heterocycles. The molecule has 13 heteroatoms. The number of rotatable bonds is 13. The van der Waals surface area contributed by atoms with E-state index in [1.54, 1.807) is 18.2 Å². The molecule has 3 heterocycles. The maximum atomic E-state index is 14.1. The van der Waals surface area contributed by atoms with Crippen LogP contribution in [-0.2, 0) is 30.7 Å². The van der Waals surface area contributed by atoms with Crippen LogP contribution in [0.15, 0.2) is 53.4 Å². The number of carbonyl (C=O) groups is 1. The van der Waals surface area contributed by atoms with Crippen LogP contribution in [0.5, 0.6) is 0 Å². The van der Waals surface area contributed by atoms with E-state index in [9.17, 15) is 18.3 Å². The van der Waals surface area contributed by atoms with Crippen molar-refractivity contribution in [1.29, 1.82) is 0 Å². The van der Waals surface area contributed by atoms with Crippen molar-refractivity contribution in [2.24, 2.45) is 23.7 Å². The summed E-state index contributed by atoms with van der Waals surface area (Å²) in [6.07, 6.45) is 1.77. The maximum absolute atomic E-state index is 14.1. The Morgan fingerprint density at radius 2 is 1.94 bits per heavy atom. The highest BCUT2D eigenvalue weighted by molar-refractivity contribution is 7.89. The highest BCUT2D eigenvalue weighted by atomic mass is 32.2. The first-order valence-corrected chi connectivity index (χ1v) is 19.0. The Bertz CT molecular complexity index is 1660. The molecule has 2 aliphatic heterocycles. The Kier molecular flexibility index (Phi) is 9.47. The van der Waals surface area contributed by atoms with Crippen LogP contribution >= 0.6 is 11.3 Å². The second-order valence-corrected chi connectivity index (χ2v) is 16.8. The van der Waals surface area contributed by atoms with Gasteiger partial charge in [0.25, 0.3) is 0 Å². The highest BCUT2D eigenvalue weighted by Gasteiger charge is 2.55. The monoisotopic (exact) mass is 684 g/mol. The molecule has 11 nitrogen and oxygen atoms in total. The van der Waals surface area contributed by atoms with Gasteiger partial charge < -0.3 is 30.0 Å². The molecule has 0 spiro atoms. The van der Waals surface area contributed by atoms with Crippen LogP contribution in [0.2, 0.25) is 0 Å². The van der Waals surface area contributed by atoms with Gasteiger partial charge in [-0.1, -0.05) is 55.5 Å². The van der Waals surface area contributed by atoms with Crippen LogP contribution in [0.25, 0.3) is 10.2 Å². The van der Waals surface area contributed by atoms with Gasteiger partial charge in [-0.3, -0.25) is 0 Å². The number of aliphatic hydroxyl groups excluding tert-OH is 1. The topological polar surface area (TPSA) is 139 Å². The second-order valence-electron chi connectivity index (χ2n) is 13.8. The first kappa shape index (κ1) is 32.7. The molecule has 3 N–H and O–H groups in total. The van der Waals surface area contributed by atoms with Crippen molar-refractivity contribution >= 4 is 42.8 Å². The Balaban J connectivity index is 1.08. The minimum atomic E-state index is -3.99. The first-order chi connectivity index (χ1) is 22.6. The zero-order chi connectivity index (χ0) is 32.7. The van der Waals surface area contributed by atoms with Crippen molar-refractivity contribution in [3.8, 4) is 0 Å². The predicted molar refractivity (Wildman–Crippen MR) is 179 cm³/mol. The Hall–Kier alpha value is -2.81. The second kappa shape index (κ2) is 13.6. The van der Waals surface area contributed by atoms with Crippen molar-refractivity contribution in [2.75, 3.05) is 31.6 Å².